The quantitative estimate of drug-likeness (QED) is 0.507. The molecule has 0 atom stereocenters. The standard InChI is InChI=1S/C24H22N6O/c31-24(17-10-20-23(26-11-17)30(15-27-20)19-8-4-5-9-19)29-13-18-12-25-22(28-21(18)14-29)16-6-2-1-3-7-16/h1-3,6-7,10-12,15,19H,4-5,8-9,13-14H2. The summed E-state index contributed by atoms with van der Waals surface area (Å²) in [4.78, 5) is 33.3. The molecule has 1 saturated carbocycles. The average molecular weight is 410 g/mol. The summed E-state index contributed by atoms with van der Waals surface area (Å²) in [6.07, 6.45) is 10.2. The highest BCUT2D eigenvalue weighted by Gasteiger charge is 2.27. The zero-order valence-corrected chi connectivity index (χ0v) is 17.1. The maximum Gasteiger partial charge on any atom is 0.256 e. The monoisotopic (exact) mass is 410 g/mol. The molecule has 4 heterocycles. The molecule has 1 fully saturated rings. The Balaban J connectivity index is 1.24. The number of benzene rings is 1. The number of pyridine rings is 1. The first kappa shape index (κ1) is 18.2. The van der Waals surface area contributed by atoms with Crippen molar-refractivity contribution in [3.8, 4) is 11.4 Å². The van der Waals surface area contributed by atoms with Crippen LogP contribution < -0.4 is 0 Å². The van der Waals surface area contributed by atoms with Gasteiger partial charge in [0, 0.05) is 36.1 Å². The Hall–Kier alpha value is -3.61. The zero-order valence-electron chi connectivity index (χ0n) is 17.1. The van der Waals surface area contributed by atoms with Crippen molar-refractivity contribution in [2.75, 3.05) is 0 Å². The lowest BCUT2D eigenvalue weighted by Crippen LogP contribution is -2.25. The van der Waals surface area contributed by atoms with Gasteiger partial charge in [-0.1, -0.05) is 43.2 Å². The van der Waals surface area contributed by atoms with Crippen LogP contribution in [0, 0.1) is 0 Å². The minimum Gasteiger partial charge on any atom is -0.328 e. The van der Waals surface area contributed by atoms with Crippen molar-refractivity contribution in [3.05, 3.63) is 71.9 Å². The van der Waals surface area contributed by atoms with Crippen LogP contribution >= 0.6 is 0 Å². The summed E-state index contributed by atoms with van der Waals surface area (Å²) < 4.78 is 2.17. The first-order valence-electron chi connectivity index (χ1n) is 10.8. The minimum absolute atomic E-state index is 0.0518. The van der Waals surface area contributed by atoms with Crippen molar-refractivity contribution in [1.82, 2.24) is 29.4 Å². The van der Waals surface area contributed by atoms with Gasteiger partial charge in [0.2, 0.25) is 0 Å². The molecule has 7 nitrogen and oxygen atoms in total. The molecule has 0 saturated heterocycles. The van der Waals surface area contributed by atoms with Gasteiger partial charge >= 0.3 is 0 Å². The maximum absolute atomic E-state index is 13.2. The van der Waals surface area contributed by atoms with E-state index in [1.54, 1.807) is 11.1 Å². The van der Waals surface area contributed by atoms with Gasteiger partial charge in [0.25, 0.3) is 5.91 Å². The number of carbonyl (C=O) groups excluding carboxylic acids is 1. The lowest BCUT2D eigenvalue weighted by Gasteiger charge is -2.15. The zero-order chi connectivity index (χ0) is 20.8. The lowest BCUT2D eigenvalue weighted by atomic mass is 10.2. The van der Waals surface area contributed by atoms with Gasteiger partial charge in [0.05, 0.1) is 24.1 Å². The molecule has 6 rings (SSSR count). The first-order chi connectivity index (χ1) is 15.3. The summed E-state index contributed by atoms with van der Waals surface area (Å²) >= 11 is 0. The van der Waals surface area contributed by atoms with E-state index in [9.17, 15) is 4.79 Å². The van der Waals surface area contributed by atoms with Crippen LogP contribution in [0.25, 0.3) is 22.6 Å². The molecule has 4 aromatic rings. The predicted molar refractivity (Wildman–Crippen MR) is 116 cm³/mol. The number of amides is 1. The van der Waals surface area contributed by atoms with Crippen LogP contribution in [0.5, 0.6) is 0 Å². The molecule has 0 unspecified atom stereocenters. The Morgan fingerprint density at radius 3 is 2.65 bits per heavy atom. The Kier molecular flexibility index (Phi) is 4.26. The molecule has 1 aliphatic carbocycles. The molecule has 7 heteroatoms. The summed E-state index contributed by atoms with van der Waals surface area (Å²) in [5.41, 5.74) is 5.08. The number of fused-ring (bicyclic) bond motifs is 2. The fraction of sp³-hybridized carbons (Fsp3) is 0.292. The van der Waals surface area contributed by atoms with Crippen molar-refractivity contribution in [2.24, 2.45) is 0 Å². The van der Waals surface area contributed by atoms with Crippen molar-refractivity contribution < 1.29 is 4.79 Å². The van der Waals surface area contributed by atoms with E-state index in [0.717, 1.165) is 28.0 Å². The fourth-order valence-electron chi connectivity index (χ4n) is 4.69. The topological polar surface area (TPSA) is 76.8 Å². The number of rotatable bonds is 3. The SMILES string of the molecule is O=C(c1cnc2c(c1)ncn2C1CCCC1)N1Cc2cnc(-c3ccccc3)nc2C1. The second-order valence-corrected chi connectivity index (χ2v) is 8.35. The number of nitrogens with zero attached hydrogens (tertiary/aromatic N) is 6. The molecule has 0 bridgehead atoms. The van der Waals surface area contributed by atoms with Crippen LogP contribution in [0.4, 0.5) is 0 Å². The normalized spacial score (nSPS) is 16.2. The molecule has 3 aromatic heterocycles. The molecular formula is C24H22N6O. The number of carbonyl (C=O) groups is 1. The van der Waals surface area contributed by atoms with Gasteiger partial charge < -0.3 is 9.47 Å². The molecular weight excluding hydrogens is 388 g/mol. The van der Waals surface area contributed by atoms with Crippen LogP contribution in [0.1, 0.15) is 53.3 Å². The van der Waals surface area contributed by atoms with Gasteiger partial charge in [-0.25, -0.2) is 19.9 Å². The summed E-state index contributed by atoms with van der Waals surface area (Å²) in [5.74, 6) is 0.637. The molecule has 154 valence electrons. The third-order valence-electron chi connectivity index (χ3n) is 6.35. The number of imidazole rings is 1. The van der Waals surface area contributed by atoms with Crippen LogP contribution in [0.2, 0.25) is 0 Å². The second-order valence-electron chi connectivity index (χ2n) is 8.35. The van der Waals surface area contributed by atoms with E-state index in [-0.39, 0.29) is 5.91 Å². The molecule has 0 spiro atoms. The summed E-state index contributed by atoms with van der Waals surface area (Å²) in [6.45, 7) is 0.989. The van der Waals surface area contributed by atoms with Crippen LogP contribution in [0.15, 0.2) is 55.1 Å². The van der Waals surface area contributed by atoms with E-state index >= 15 is 0 Å². The first-order valence-corrected chi connectivity index (χ1v) is 10.8. The van der Waals surface area contributed by atoms with Crippen LogP contribution in [-0.4, -0.2) is 35.3 Å². The molecule has 1 aromatic carbocycles. The van der Waals surface area contributed by atoms with E-state index in [4.69, 9.17) is 4.98 Å². The van der Waals surface area contributed by atoms with Gasteiger partial charge in [0.15, 0.2) is 11.5 Å². The predicted octanol–water partition coefficient (Wildman–Crippen LogP) is 4.16. The number of aromatic nitrogens is 5. The van der Waals surface area contributed by atoms with E-state index in [2.05, 4.69) is 19.5 Å². The minimum atomic E-state index is -0.0518. The molecule has 2 aliphatic rings. The summed E-state index contributed by atoms with van der Waals surface area (Å²) in [5, 5.41) is 0. The highest BCUT2D eigenvalue weighted by Crippen LogP contribution is 2.32. The van der Waals surface area contributed by atoms with E-state index in [1.165, 1.54) is 25.7 Å². The van der Waals surface area contributed by atoms with E-state index in [1.807, 2.05) is 48.9 Å². The molecule has 0 radical (unpaired) electrons. The van der Waals surface area contributed by atoms with Crippen LogP contribution in [0.3, 0.4) is 0 Å². The third-order valence-corrected chi connectivity index (χ3v) is 6.35. The second kappa shape index (κ2) is 7.27. The summed E-state index contributed by atoms with van der Waals surface area (Å²) in [6, 6.07) is 12.2. The summed E-state index contributed by atoms with van der Waals surface area (Å²) in [7, 11) is 0. The van der Waals surface area contributed by atoms with E-state index in [0.29, 0.717) is 30.5 Å². The Morgan fingerprint density at radius 2 is 1.81 bits per heavy atom. The van der Waals surface area contributed by atoms with Crippen molar-refractivity contribution >= 4 is 17.1 Å². The Labute approximate surface area is 179 Å². The number of hydrogen-bond donors (Lipinski definition) is 0. The van der Waals surface area contributed by atoms with Gasteiger partial charge in [0.1, 0.15) is 5.52 Å². The third kappa shape index (κ3) is 3.17. The lowest BCUT2D eigenvalue weighted by molar-refractivity contribution is 0.0750. The van der Waals surface area contributed by atoms with Crippen molar-refractivity contribution in [3.63, 3.8) is 0 Å². The molecule has 0 N–H and O–H groups in total. The highest BCUT2D eigenvalue weighted by molar-refractivity contribution is 5.96. The van der Waals surface area contributed by atoms with Crippen molar-refractivity contribution in [2.45, 2.75) is 44.8 Å². The fourth-order valence-corrected chi connectivity index (χ4v) is 4.69. The average Bonchev–Trinajstić information content (AvgIpc) is 3.57. The van der Waals surface area contributed by atoms with Crippen LogP contribution in [-0.2, 0) is 13.1 Å². The highest BCUT2D eigenvalue weighted by atomic mass is 16.2. The molecule has 31 heavy (non-hydrogen) atoms. The van der Waals surface area contributed by atoms with Gasteiger partial charge in [-0.05, 0) is 18.9 Å². The smallest absolute Gasteiger partial charge is 0.256 e. The molecule has 1 aliphatic heterocycles. The maximum atomic E-state index is 13.2. The Bertz CT molecular complexity index is 1280. The van der Waals surface area contributed by atoms with Gasteiger partial charge in [-0.2, -0.15) is 0 Å². The van der Waals surface area contributed by atoms with E-state index < -0.39 is 0 Å². The van der Waals surface area contributed by atoms with Crippen molar-refractivity contribution in [1.29, 1.82) is 0 Å². The van der Waals surface area contributed by atoms with Gasteiger partial charge in [-0.3, -0.25) is 4.79 Å². The molecule has 1 amide bonds. The largest absolute Gasteiger partial charge is 0.328 e. The van der Waals surface area contributed by atoms with Gasteiger partial charge in [-0.15, -0.1) is 0 Å². The number of hydrogen-bond acceptors (Lipinski definition) is 5. The Morgan fingerprint density at radius 1 is 0.968 bits per heavy atom.